The zero-order valence-electron chi connectivity index (χ0n) is 15.8. The third-order valence-electron chi connectivity index (χ3n) is 4.66. The largest absolute Gasteiger partial charge is 0.454 e. The van der Waals surface area contributed by atoms with Crippen molar-refractivity contribution in [2.45, 2.75) is 26.7 Å². The molecular weight excluding hydrogens is 380 g/mol. The fraction of sp³-hybridized carbons (Fsp3) is 0.350. The zero-order valence-corrected chi connectivity index (χ0v) is 16.7. The van der Waals surface area contributed by atoms with Crippen LogP contribution in [0.3, 0.4) is 0 Å². The number of carbonyl (C=O) groups excluding carboxylic acids is 2. The predicted molar refractivity (Wildman–Crippen MR) is 106 cm³/mol. The van der Waals surface area contributed by atoms with E-state index in [4.69, 9.17) is 4.74 Å². The van der Waals surface area contributed by atoms with Gasteiger partial charge in [-0.2, -0.15) is 0 Å². The number of hydrogen-bond donors (Lipinski definition) is 0. The predicted octanol–water partition coefficient (Wildman–Crippen LogP) is 2.03. The molecule has 0 unspecified atom stereocenters. The van der Waals surface area contributed by atoms with Crippen LogP contribution in [0.15, 0.2) is 46.5 Å². The van der Waals surface area contributed by atoms with Crippen molar-refractivity contribution < 1.29 is 22.7 Å². The topological polar surface area (TPSA) is 93.1 Å². The van der Waals surface area contributed by atoms with E-state index in [1.165, 1.54) is 18.4 Å². The lowest BCUT2D eigenvalue weighted by Gasteiger charge is -2.26. The Hall–Kier alpha value is -2.74. The number of rotatable bonds is 6. The van der Waals surface area contributed by atoms with E-state index in [9.17, 15) is 18.0 Å². The summed E-state index contributed by atoms with van der Waals surface area (Å²) < 4.78 is 31.9. The molecule has 28 heavy (non-hydrogen) atoms. The quantitative estimate of drug-likeness (QED) is 0.534. The normalized spacial score (nSPS) is 17.4. The molecular formula is C20H22N2O5S. The number of sulfonamides is 1. The van der Waals surface area contributed by atoms with E-state index in [1.54, 1.807) is 4.90 Å². The molecule has 1 aromatic carbocycles. The van der Waals surface area contributed by atoms with Gasteiger partial charge < -0.3 is 9.64 Å². The standard InChI is InChI=1S/C20H22N2O5S/c1-3-14-5-6-15(4-2)17(11-14)18(23)13-27-20(24)16-7-8-19-21-28(25,26)10-9-22(19)12-16/h5-8,11-12H,3-4,9-10,13H2,1-2H3. The lowest BCUT2D eigenvalue weighted by Crippen LogP contribution is -2.37. The van der Waals surface area contributed by atoms with Gasteiger partial charge in [-0.25, -0.2) is 13.2 Å². The number of aryl methyl sites for hydroxylation is 2. The molecule has 0 amide bonds. The Bertz CT molecular complexity index is 1010. The third kappa shape index (κ3) is 4.39. The molecule has 0 atom stereocenters. The molecule has 0 aliphatic carbocycles. The van der Waals surface area contributed by atoms with Crippen LogP contribution in [0.4, 0.5) is 0 Å². The summed E-state index contributed by atoms with van der Waals surface area (Å²) in [4.78, 5) is 26.5. The van der Waals surface area contributed by atoms with Gasteiger partial charge >= 0.3 is 5.97 Å². The van der Waals surface area contributed by atoms with Gasteiger partial charge in [0.1, 0.15) is 5.84 Å². The lowest BCUT2D eigenvalue weighted by atomic mass is 9.98. The fourth-order valence-electron chi connectivity index (χ4n) is 3.03. The second-order valence-electron chi connectivity index (χ2n) is 6.54. The van der Waals surface area contributed by atoms with Crippen molar-refractivity contribution in [3.05, 3.63) is 58.8 Å². The summed E-state index contributed by atoms with van der Waals surface area (Å²) in [5.74, 6) is -0.730. The number of ether oxygens (including phenoxy) is 1. The number of carbonyl (C=O) groups is 2. The number of nitrogens with zero attached hydrogens (tertiary/aromatic N) is 2. The lowest BCUT2D eigenvalue weighted by molar-refractivity contribution is -0.137. The van der Waals surface area contributed by atoms with E-state index in [-0.39, 0.29) is 36.1 Å². The van der Waals surface area contributed by atoms with E-state index in [0.29, 0.717) is 12.0 Å². The Morgan fingerprint density at radius 1 is 1.18 bits per heavy atom. The number of Topliss-reactive ketones (excluding diaryl/α,β-unsaturated/α-hetero) is 1. The van der Waals surface area contributed by atoms with Crippen molar-refractivity contribution in [2.75, 3.05) is 18.9 Å². The molecule has 0 bridgehead atoms. The van der Waals surface area contributed by atoms with Crippen LogP contribution in [0.2, 0.25) is 0 Å². The first-order valence-electron chi connectivity index (χ1n) is 9.14. The average molecular weight is 402 g/mol. The van der Waals surface area contributed by atoms with Crippen molar-refractivity contribution in [3.63, 3.8) is 0 Å². The van der Waals surface area contributed by atoms with Crippen LogP contribution in [0.1, 0.15) is 35.3 Å². The zero-order chi connectivity index (χ0) is 20.3. The van der Waals surface area contributed by atoms with Gasteiger partial charge in [0.2, 0.25) is 5.78 Å². The maximum absolute atomic E-state index is 12.6. The number of amidine groups is 1. The molecule has 1 aromatic rings. The van der Waals surface area contributed by atoms with Crippen LogP contribution in [-0.2, 0) is 32.4 Å². The molecule has 148 valence electrons. The monoisotopic (exact) mass is 402 g/mol. The molecule has 2 aliphatic rings. The van der Waals surface area contributed by atoms with E-state index in [0.717, 1.165) is 17.5 Å². The van der Waals surface area contributed by atoms with E-state index >= 15 is 0 Å². The van der Waals surface area contributed by atoms with Crippen molar-refractivity contribution in [1.82, 2.24) is 4.90 Å². The molecule has 2 heterocycles. The highest BCUT2D eigenvalue weighted by atomic mass is 32.2. The molecule has 7 nitrogen and oxygen atoms in total. The molecule has 0 saturated carbocycles. The maximum Gasteiger partial charge on any atom is 0.340 e. The van der Waals surface area contributed by atoms with Crippen molar-refractivity contribution in [1.29, 1.82) is 0 Å². The molecule has 0 fully saturated rings. The van der Waals surface area contributed by atoms with Gasteiger partial charge in [0.05, 0.1) is 11.3 Å². The third-order valence-corrected chi connectivity index (χ3v) is 5.82. The Balaban J connectivity index is 1.68. The van der Waals surface area contributed by atoms with Gasteiger partial charge in [0.25, 0.3) is 10.0 Å². The molecule has 0 spiro atoms. The van der Waals surface area contributed by atoms with Crippen LogP contribution in [0.25, 0.3) is 0 Å². The summed E-state index contributed by atoms with van der Waals surface area (Å²) in [5.41, 5.74) is 2.80. The highest BCUT2D eigenvalue weighted by Gasteiger charge is 2.25. The van der Waals surface area contributed by atoms with Crippen LogP contribution in [0, 0.1) is 0 Å². The summed E-state index contributed by atoms with van der Waals surface area (Å²) in [5, 5.41) is 0. The number of fused-ring (bicyclic) bond motifs is 1. The highest BCUT2D eigenvalue weighted by molar-refractivity contribution is 7.90. The van der Waals surface area contributed by atoms with Crippen molar-refractivity contribution in [2.24, 2.45) is 4.40 Å². The van der Waals surface area contributed by atoms with Crippen LogP contribution < -0.4 is 0 Å². The first-order chi connectivity index (χ1) is 13.3. The summed E-state index contributed by atoms with van der Waals surface area (Å²) in [7, 11) is -3.45. The van der Waals surface area contributed by atoms with E-state index in [2.05, 4.69) is 4.40 Å². The van der Waals surface area contributed by atoms with Crippen LogP contribution >= 0.6 is 0 Å². The molecule has 3 rings (SSSR count). The summed E-state index contributed by atoms with van der Waals surface area (Å²) in [6.45, 7) is 3.85. The SMILES string of the molecule is CCc1ccc(CC)c(C(=O)COC(=O)C2=CN3CCS(=O)(=O)N=C3C=C2)c1. The molecule has 0 N–H and O–H groups in total. The van der Waals surface area contributed by atoms with Gasteiger partial charge in [-0.3, -0.25) is 4.79 Å². The van der Waals surface area contributed by atoms with Crippen LogP contribution in [-0.4, -0.2) is 49.8 Å². The van der Waals surface area contributed by atoms with Gasteiger partial charge in [-0.15, -0.1) is 4.40 Å². The minimum Gasteiger partial charge on any atom is -0.454 e. The second-order valence-corrected chi connectivity index (χ2v) is 8.30. The molecule has 0 radical (unpaired) electrons. The smallest absolute Gasteiger partial charge is 0.340 e. The number of hydrogen-bond acceptors (Lipinski definition) is 6. The summed E-state index contributed by atoms with van der Waals surface area (Å²) >= 11 is 0. The number of ketones is 1. The summed E-state index contributed by atoms with van der Waals surface area (Å²) in [6.07, 6.45) is 5.92. The Morgan fingerprint density at radius 3 is 2.68 bits per heavy atom. The minimum absolute atomic E-state index is 0.116. The first kappa shape index (κ1) is 20.0. The van der Waals surface area contributed by atoms with Gasteiger partial charge in [-0.1, -0.05) is 26.0 Å². The van der Waals surface area contributed by atoms with Crippen LogP contribution in [0.5, 0.6) is 0 Å². The average Bonchev–Trinajstić information content (AvgIpc) is 2.70. The highest BCUT2D eigenvalue weighted by Crippen LogP contribution is 2.18. The Labute approximate surface area is 164 Å². The molecule has 0 saturated heterocycles. The van der Waals surface area contributed by atoms with Gasteiger partial charge in [-0.05, 0) is 42.2 Å². The first-order valence-corrected chi connectivity index (χ1v) is 10.7. The molecule has 2 aliphatic heterocycles. The van der Waals surface area contributed by atoms with Crippen molar-refractivity contribution >= 4 is 27.6 Å². The fourth-order valence-corrected chi connectivity index (χ4v) is 3.99. The number of benzene rings is 1. The number of esters is 1. The van der Waals surface area contributed by atoms with Gasteiger partial charge in [0, 0.05) is 18.3 Å². The Kier molecular flexibility index (Phi) is 5.79. The summed E-state index contributed by atoms with van der Waals surface area (Å²) in [6, 6.07) is 5.79. The molecule has 8 heteroatoms. The minimum atomic E-state index is -3.45. The van der Waals surface area contributed by atoms with Crippen molar-refractivity contribution in [3.8, 4) is 0 Å². The second kappa shape index (κ2) is 8.10. The van der Waals surface area contributed by atoms with Gasteiger partial charge in [0.15, 0.2) is 6.61 Å². The van der Waals surface area contributed by atoms with E-state index < -0.39 is 16.0 Å². The Morgan fingerprint density at radius 2 is 1.96 bits per heavy atom. The van der Waals surface area contributed by atoms with E-state index in [1.807, 2.05) is 32.0 Å². The molecule has 0 aromatic heterocycles. The maximum atomic E-state index is 12.6.